The topological polar surface area (TPSA) is 63.2 Å². The van der Waals surface area contributed by atoms with Crippen molar-refractivity contribution < 1.29 is 14.3 Å². The van der Waals surface area contributed by atoms with E-state index in [1.54, 1.807) is 20.4 Å². The number of hydrogen-bond donors (Lipinski definition) is 1. The normalized spacial score (nSPS) is 16.3. The van der Waals surface area contributed by atoms with Crippen molar-refractivity contribution in [3.63, 3.8) is 0 Å². The lowest BCUT2D eigenvalue weighted by Gasteiger charge is -2.23. The summed E-state index contributed by atoms with van der Waals surface area (Å²) in [5.74, 6) is 1.37. The van der Waals surface area contributed by atoms with Gasteiger partial charge in [0.15, 0.2) is 0 Å². The lowest BCUT2D eigenvalue weighted by Crippen LogP contribution is -2.37. The molecule has 1 aromatic rings. The molecule has 1 aromatic carbocycles. The first-order valence-corrected chi connectivity index (χ1v) is 8.91. The molecule has 6 nitrogen and oxygen atoms in total. The largest absolute Gasteiger partial charge is 0.496 e. The van der Waals surface area contributed by atoms with Crippen LogP contribution in [-0.4, -0.2) is 50.9 Å². The van der Waals surface area contributed by atoms with Gasteiger partial charge in [0.05, 0.1) is 27.0 Å². The molecule has 25 heavy (non-hydrogen) atoms. The van der Waals surface area contributed by atoms with E-state index >= 15 is 0 Å². The second-order valence-corrected chi connectivity index (χ2v) is 6.35. The number of carbonyl (C=O) groups is 1. The van der Waals surface area contributed by atoms with E-state index < -0.39 is 0 Å². The van der Waals surface area contributed by atoms with Crippen molar-refractivity contribution in [1.29, 1.82) is 0 Å². The van der Waals surface area contributed by atoms with Crippen LogP contribution in [0.4, 0.5) is 0 Å². The Bertz CT molecular complexity index is 594. The molecule has 1 aliphatic rings. The van der Waals surface area contributed by atoms with Crippen LogP contribution in [0.5, 0.6) is 11.5 Å². The molecule has 0 unspecified atom stereocenters. The first kappa shape index (κ1) is 19.2. The summed E-state index contributed by atoms with van der Waals surface area (Å²) < 4.78 is 10.7. The Labute approximate surface area is 150 Å². The monoisotopic (exact) mass is 347 g/mol. The van der Waals surface area contributed by atoms with Crippen molar-refractivity contribution in [2.75, 3.05) is 33.9 Å². The predicted molar refractivity (Wildman–Crippen MR) is 99.5 cm³/mol. The third-order valence-electron chi connectivity index (χ3n) is 4.52. The van der Waals surface area contributed by atoms with Gasteiger partial charge in [-0.15, -0.1) is 0 Å². The highest BCUT2D eigenvalue weighted by Gasteiger charge is 2.12. The van der Waals surface area contributed by atoms with Gasteiger partial charge in [-0.05, 0) is 45.0 Å². The summed E-state index contributed by atoms with van der Waals surface area (Å²) in [5, 5.41) is 4.08. The minimum atomic E-state index is -0.0824. The molecule has 1 N–H and O–H groups in total. The van der Waals surface area contributed by atoms with Crippen molar-refractivity contribution in [2.45, 2.75) is 39.0 Å². The quantitative estimate of drug-likeness (QED) is 0.635. The summed E-state index contributed by atoms with van der Waals surface area (Å²) in [5.41, 5.74) is 4.32. The summed E-state index contributed by atoms with van der Waals surface area (Å²) in [4.78, 5) is 14.3. The first-order chi connectivity index (χ1) is 12.2. The molecule has 0 saturated carbocycles. The summed E-state index contributed by atoms with van der Waals surface area (Å²) in [6.07, 6.45) is 7.77. The Hall–Kier alpha value is -2.08. The van der Waals surface area contributed by atoms with Gasteiger partial charge < -0.3 is 9.47 Å². The van der Waals surface area contributed by atoms with E-state index in [4.69, 9.17) is 9.47 Å². The van der Waals surface area contributed by atoms with Gasteiger partial charge in [-0.25, -0.2) is 5.43 Å². The van der Waals surface area contributed by atoms with Crippen molar-refractivity contribution in [3.05, 3.63) is 23.3 Å². The smallest absolute Gasteiger partial charge is 0.254 e. The number of hydrogen-bond acceptors (Lipinski definition) is 5. The van der Waals surface area contributed by atoms with Crippen LogP contribution in [0.1, 0.15) is 43.2 Å². The Morgan fingerprint density at radius 3 is 2.48 bits per heavy atom. The lowest BCUT2D eigenvalue weighted by molar-refractivity contribution is -0.122. The van der Waals surface area contributed by atoms with Crippen LogP contribution < -0.4 is 14.9 Å². The molecule has 0 atom stereocenters. The summed E-state index contributed by atoms with van der Waals surface area (Å²) in [6, 6.07) is 3.72. The zero-order valence-electron chi connectivity index (χ0n) is 15.5. The van der Waals surface area contributed by atoms with E-state index in [9.17, 15) is 4.79 Å². The fraction of sp³-hybridized carbons (Fsp3) is 0.579. The van der Waals surface area contributed by atoms with Gasteiger partial charge in [0.2, 0.25) is 0 Å². The van der Waals surface area contributed by atoms with Crippen molar-refractivity contribution in [1.82, 2.24) is 10.3 Å². The van der Waals surface area contributed by atoms with Crippen LogP contribution in [0.15, 0.2) is 17.2 Å². The molecule has 1 heterocycles. The molecule has 0 spiro atoms. The SMILES string of the molecule is COc1ccc(C=NNC(=O)CN2CCCCCCC2)c(OC)c1C. The maximum atomic E-state index is 12.1. The molecule has 1 fully saturated rings. The molecule has 6 heteroatoms. The van der Waals surface area contributed by atoms with Crippen LogP contribution in [0.3, 0.4) is 0 Å². The number of methoxy groups -OCH3 is 2. The second kappa shape index (κ2) is 10.0. The van der Waals surface area contributed by atoms with Gasteiger partial charge in [0, 0.05) is 11.1 Å². The number of nitrogens with zero attached hydrogens (tertiary/aromatic N) is 2. The van der Waals surface area contributed by atoms with Gasteiger partial charge in [-0.3, -0.25) is 9.69 Å². The highest BCUT2D eigenvalue weighted by Crippen LogP contribution is 2.30. The van der Waals surface area contributed by atoms with Crippen LogP contribution in [-0.2, 0) is 4.79 Å². The minimum Gasteiger partial charge on any atom is -0.496 e. The molecule has 0 aliphatic carbocycles. The molecule has 0 radical (unpaired) electrons. The van der Waals surface area contributed by atoms with Crippen LogP contribution in [0.25, 0.3) is 0 Å². The van der Waals surface area contributed by atoms with Gasteiger partial charge >= 0.3 is 0 Å². The van der Waals surface area contributed by atoms with Crippen molar-refractivity contribution in [2.24, 2.45) is 5.10 Å². The van der Waals surface area contributed by atoms with E-state index in [2.05, 4.69) is 15.4 Å². The Kier molecular flexibility index (Phi) is 7.73. The lowest BCUT2D eigenvalue weighted by atomic mass is 10.1. The molecule has 138 valence electrons. The minimum absolute atomic E-state index is 0.0824. The van der Waals surface area contributed by atoms with Crippen LogP contribution in [0.2, 0.25) is 0 Å². The Balaban J connectivity index is 1.91. The number of benzene rings is 1. The first-order valence-electron chi connectivity index (χ1n) is 8.91. The maximum Gasteiger partial charge on any atom is 0.254 e. The summed E-state index contributed by atoms with van der Waals surface area (Å²) >= 11 is 0. The van der Waals surface area contributed by atoms with Crippen LogP contribution in [0, 0.1) is 6.92 Å². The van der Waals surface area contributed by atoms with Crippen LogP contribution >= 0.6 is 0 Å². The molecular formula is C19H29N3O3. The van der Waals surface area contributed by atoms with Crippen molar-refractivity contribution in [3.8, 4) is 11.5 Å². The second-order valence-electron chi connectivity index (χ2n) is 6.35. The van der Waals surface area contributed by atoms with Gasteiger partial charge in [-0.1, -0.05) is 19.3 Å². The molecular weight excluding hydrogens is 318 g/mol. The number of ether oxygens (including phenoxy) is 2. The Morgan fingerprint density at radius 2 is 1.84 bits per heavy atom. The van der Waals surface area contributed by atoms with E-state index in [1.165, 1.54) is 32.1 Å². The standard InChI is InChI=1S/C19H29N3O3/c1-15-17(24-2)10-9-16(19(15)25-3)13-20-21-18(23)14-22-11-7-5-4-6-8-12-22/h9-10,13H,4-8,11-12,14H2,1-3H3,(H,21,23). The number of nitrogens with one attached hydrogen (secondary N) is 1. The van der Waals surface area contributed by atoms with Gasteiger partial charge in [-0.2, -0.15) is 5.10 Å². The molecule has 0 aromatic heterocycles. The zero-order valence-corrected chi connectivity index (χ0v) is 15.5. The molecule has 2 rings (SSSR count). The highest BCUT2D eigenvalue weighted by atomic mass is 16.5. The third kappa shape index (κ3) is 5.74. The average Bonchev–Trinajstić information content (AvgIpc) is 2.57. The average molecular weight is 347 g/mol. The van der Waals surface area contributed by atoms with E-state index in [0.717, 1.165) is 30.0 Å². The fourth-order valence-corrected chi connectivity index (χ4v) is 3.17. The molecule has 1 aliphatic heterocycles. The number of likely N-dealkylation sites (tertiary alicyclic amines) is 1. The number of hydrazone groups is 1. The number of carbonyl (C=O) groups excluding carboxylic acids is 1. The van der Waals surface area contributed by atoms with E-state index in [1.807, 2.05) is 19.1 Å². The summed E-state index contributed by atoms with van der Waals surface area (Å²) in [7, 11) is 3.24. The number of rotatable bonds is 6. The fourth-order valence-electron chi connectivity index (χ4n) is 3.17. The highest BCUT2D eigenvalue weighted by molar-refractivity contribution is 5.86. The molecule has 1 saturated heterocycles. The van der Waals surface area contributed by atoms with E-state index in [-0.39, 0.29) is 5.91 Å². The Morgan fingerprint density at radius 1 is 1.16 bits per heavy atom. The van der Waals surface area contributed by atoms with E-state index in [0.29, 0.717) is 12.3 Å². The predicted octanol–water partition coefficient (Wildman–Crippen LogP) is 2.73. The van der Waals surface area contributed by atoms with Gasteiger partial charge in [0.25, 0.3) is 5.91 Å². The summed E-state index contributed by atoms with van der Waals surface area (Å²) in [6.45, 7) is 4.30. The maximum absolute atomic E-state index is 12.1. The molecule has 0 bridgehead atoms. The zero-order chi connectivity index (χ0) is 18.1. The van der Waals surface area contributed by atoms with Crippen molar-refractivity contribution >= 4 is 12.1 Å². The number of amides is 1. The van der Waals surface area contributed by atoms with Gasteiger partial charge in [0.1, 0.15) is 11.5 Å². The third-order valence-corrected chi connectivity index (χ3v) is 4.52. The molecule has 1 amide bonds.